The minimum Gasteiger partial charge on any atom is -0.489 e. The number of rotatable bonds is 14. The Morgan fingerprint density at radius 2 is 0.971 bits per heavy atom. The quantitative estimate of drug-likeness (QED) is 0.121. The van der Waals surface area contributed by atoms with Crippen molar-refractivity contribution in [2.45, 2.75) is 154 Å². The second kappa shape index (κ2) is 22.7. The average molecular weight is 941 g/mol. The number of hydrogen-bond acceptors (Lipinski definition) is 12. The van der Waals surface area contributed by atoms with Gasteiger partial charge in [0.15, 0.2) is 0 Å². The number of carboxylic acids is 2. The minimum absolute atomic E-state index is 0.110. The summed E-state index contributed by atoms with van der Waals surface area (Å²) < 4.78 is 26.9. The van der Waals surface area contributed by atoms with E-state index in [0.717, 1.165) is 122 Å². The van der Waals surface area contributed by atoms with Gasteiger partial charge < -0.3 is 39.0 Å². The lowest BCUT2D eigenvalue weighted by Crippen LogP contribution is -2.35. The van der Waals surface area contributed by atoms with Crippen LogP contribution in [0.25, 0.3) is 22.5 Å². The van der Waals surface area contributed by atoms with Crippen molar-refractivity contribution >= 4 is 24.1 Å². The first kappa shape index (κ1) is 49.7. The summed E-state index contributed by atoms with van der Waals surface area (Å²) in [5.41, 5.74) is 6.04. The Labute approximate surface area is 398 Å². The van der Waals surface area contributed by atoms with E-state index in [1.165, 1.54) is 0 Å². The summed E-state index contributed by atoms with van der Waals surface area (Å²) in [6.45, 7) is 3.98. The molecule has 0 aromatic carbocycles. The average Bonchev–Trinajstić information content (AvgIpc) is 4.18. The molecule has 0 spiro atoms. The van der Waals surface area contributed by atoms with Gasteiger partial charge in [0.1, 0.15) is 24.7 Å². The van der Waals surface area contributed by atoms with Crippen LogP contribution < -0.4 is 9.47 Å². The maximum absolute atomic E-state index is 12.5. The van der Waals surface area contributed by atoms with Crippen LogP contribution in [0.4, 0.5) is 9.59 Å². The summed E-state index contributed by atoms with van der Waals surface area (Å²) in [6, 6.07) is 7.99. The number of nitrogens with zero attached hydrogens (tertiary/aromatic N) is 8. The van der Waals surface area contributed by atoms with E-state index in [-0.39, 0.29) is 61.5 Å². The SMILES string of the molecule is Cc1nc(-c2cnn(C)c2COC(=O)N(C)C2CCCC2)ccc1O[C@@H]1CCC[C@@H](C(=O)O)C1.Cc1nc(-c2cnn(C)c2COC(=O)N(C)C2CCCC2)ccc1O[C@H]1CCC[C@H](C(=O)O)C1. The van der Waals surface area contributed by atoms with Crippen molar-refractivity contribution in [2.24, 2.45) is 25.9 Å². The highest BCUT2D eigenvalue weighted by Gasteiger charge is 2.31. The van der Waals surface area contributed by atoms with E-state index in [9.17, 15) is 29.4 Å². The third kappa shape index (κ3) is 12.3. The molecule has 0 saturated heterocycles. The van der Waals surface area contributed by atoms with Gasteiger partial charge in [-0.1, -0.05) is 25.7 Å². The number of carbonyl (C=O) groups excluding carboxylic acids is 2. The fourth-order valence-corrected chi connectivity index (χ4v) is 10.00. The molecule has 4 aliphatic carbocycles. The molecule has 18 nitrogen and oxygen atoms in total. The van der Waals surface area contributed by atoms with Crippen LogP contribution in [-0.2, 0) is 46.4 Å². The minimum atomic E-state index is -0.752. The van der Waals surface area contributed by atoms with E-state index in [0.29, 0.717) is 37.2 Å². The molecule has 0 unspecified atom stereocenters. The van der Waals surface area contributed by atoms with Crippen molar-refractivity contribution in [3.8, 4) is 34.0 Å². The molecule has 8 rings (SSSR count). The molecule has 4 fully saturated rings. The van der Waals surface area contributed by atoms with Crippen LogP contribution in [0.5, 0.6) is 11.5 Å². The number of carboxylic acid groups (broad SMARTS) is 2. The lowest BCUT2D eigenvalue weighted by molar-refractivity contribution is -0.144. The zero-order valence-electron chi connectivity index (χ0n) is 40.4. The lowest BCUT2D eigenvalue weighted by atomic mass is 9.87. The summed E-state index contributed by atoms with van der Waals surface area (Å²) in [6.07, 6.45) is 17.1. The van der Waals surface area contributed by atoms with Gasteiger partial charge in [-0.15, -0.1) is 0 Å². The molecule has 4 atom stereocenters. The Morgan fingerprint density at radius 1 is 0.588 bits per heavy atom. The van der Waals surface area contributed by atoms with Gasteiger partial charge in [0.25, 0.3) is 0 Å². The van der Waals surface area contributed by atoms with Crippen molar-refractivity contribution in [3.63, 3.8) is 0 Å². The Balaban J connectivity index is 0.000000201. The van der Waals surface area contributed by atoms with Crippen LogP contribution >= 0.6 is 0 Å². The zero-order chi connectivity index (χ0) is 48.5. The molecule has 0 bridgehead atoms. The van der Waals surface area contributed by atoms with E-state index in [2.05, 4.69) is 10.2 Å². The Hall–Kier alpha value is -6.20. The van der Waals surface area contributed by atoms with Crippen LogP contribution in [0.1, 0.15) is 126 Å². The van der Waals surface area contributed by atoms with Gasteiger partial charge in [-0.05, 0) is 115 Å². The van der Waals surface area contributed by atoms with Crippen LogP contribution in [0.2, 0.25) is 0 Å². The zero-order valence-corrected chi connectivity index (χ0v) is 40.4. The molecular weight excluding hydrogens is 873 g/mol. The summed E-state index contributed by atoms with van der Waals surface area (Å²) in [4.78, 5) is 60.6. The molecule has 4 heterocycles. The Bertz CT molecular complexity index is 2220. The van der Waals surface area contributed by atoms with Crippen LogP contribution in [-0.4, -0.2) is 112 Å². The molecule has 2 N–H and O–H groups in total. The van der Waals surface area contributed by atoms with E-state index >= 15 is 0 Å². The van der Waals surface area contributed by atoms with Crippen molar-refractivity contribution in [1.82, 2.24) is 39.3 Å². The van der Waals surface area contributed by atoms with E-state index in [1.54, 1.807) is 45.7 Å². The Morgan fingerprint density at radius 3 is 1.32 bits per heavy atom. The van der Waals surface area contributed by atoms with Crippen LogP contribution in [0.3, 0.4) is 0 Å². The summed E-state index contributed by atoms with van der Waals surface area (Å²) in [5.74, 6) is -0.875. The number of hydrogen-bond donors (Lipinski definition) is 2. The molecule has 0 radical (unpaired) electrons. The normalized spacial score (nSPS) is 20.8. The highest BCUT2D eigenvalue weighted by molar-refractivity contribution is 5.71. The lowest BCUT2D eigenvalue weighted by Gasteiger charge is -2.27. The van der Waals surface area contributed by atoms with E-state index in [1.807, 2.05) is 52.2 Å². The maximum atomic E-state index is 12.5. The monoisotopic (exact) mass is 941 g/mol. The van der Waals surface area contributed by atoms with Gasteiger partial charge in [0.2, 0.25) is 0 Å². The van der Waals surface area contributed by atoms with Crippen molar-refractivity contribution in [1.29, 1.82) is 0 Å². The number of carbonyl (C=O) groups is 4. The standard InChI is InChI=1S/2C25H34N4O5/c2*1-16-23(34-19-10-6-7-17(13-19)24(30)31)12-11-21(27-16)20-14-26-29(3)22(20)15-33-25(32)28(2)18-8-4-5-9-18/h2*11-12,14,17-19H,4-10,13,15H2,1-3H3,(H,30,31)/t2*17-,19-/m10/s1. The molecule has 4 aromatic rings. The molecule has 4 saturated carbocycles. The van der Waals surface area contributed by atoms with Gasteiger partial charge in [0.05, 0.1) is 70.6 Å². The summed E-state index contributed by atoms with van der Waals surface area (Å²) in [5, 5.41) is 27.3. The molecule has 68 heavy (non-hydrogen) atoms. The van der Waals surface area contributed by atoms with E-state index in [4.69, 9.17) is 28.9 Å². The fraction of sp³-hybridized carbons (Fsp3) is 0.600. The topological polar surface area (TPSA) is 214 Å². The molecule has 0 aliphatic heterocycles. The molecular formula is C50H68N8O10. The second-order valence-electron chi connectivity index (χ2n) is 18.9. The third-order valence-corrected chi connectivity index (χ3v) is 14.3. The number of aliphatic carboxylic acids is 2. The van der Waals surface area contributed by atoms with Gasteiger partial charge in [-0.2, -0.15) is 10.2 Å². The molecule has 4 aliphatic rings. The molecule has 2 amide bonds. The van der Waals surface area contributed by atoms with Gasteiger partial charge >= 0.3 is 24.1 Å². The van der Waals surface area contributed by atoms with Crippen LogP contribution in [0, 0.1) is 25.7 Å². The highest BCUT2D eigenvalue weighted by atomic mass is 16.6. The summed E-state index contributed by atoms with van der Waals surface area (Å²) in [7, 11) is 7.24. The highest BCUT2D eigenvalue weighted by Crippen LogP contribution is 2.34. The van der Waals surface area contributed by atoms with Crippen molar-refractivity contribution < 1.29 is 48.3 Å². The van der Waals surface area contributed by atoms with Gasteiger partial charge in [-0.25, -0.2) is 19.6 Å². The maximum Gasteiger partial charge on any atom is 0.410 e. The first-order valence-electron chi connectivity index (χ1n) is 24.2. The molecule has 4 aromatic heterocycles. The molecule has 368 valence electrons. The third-order valence-electron chi connectivity index (χ3n) is 14.3. The summed E-state index contributed by atoms with van der Waals surface area (Å²) >= 11 is 0. The van der Waals surface area contributed by atoms with Crippen molar-refractivity contribution in [2.75, 3.05) is 14.1 Å². The number of ether oxygens (including phenoxy) is 4. The number of aromatic nitrogens is 6. The second-order valence-corrected chi connectivity index (χ2v) is 18.9. The number of pyridine rings is 2. The Kier molecular flexibility index (Phi) is 16.6. The van der Waals surface area contributed by atoms with Gasteiger partial charge in [0, 0.05) is 51.4 Å². The smallest absolute Gasteiger partial charge is 0.410 e. The predicted octanol–water partition coefficient (Wildman–Crippen LogP) is 8.65. The van der Waals surface area contributed by atoms with Crippen LogP contribution in [0.15, 0.2) is 36.7 Å². The fourth-order valence-electron chi connectivity index (χ4n) is 10.00. The number of amides is 2. The molecule has 18 heteroatoms. The number of aryl methyl sites for hydroxylation is 4. The largest absolute Gasteiger partial charge is 0.489 e. The van der Waals surface area contributed by atoms with E-state index < -0.39 is 11.9 Å². The first-order chi connectivity index (χ1) is 32.7. The van der Waals surface area contributed by atoms with Gasteiger partial charge in [-0.3, -0.25) is 19.0 Å². The predicted molar refractivity (Wildman–Crippen MR) is 251 cm³/mol. The first-order valence-corrected chi connectivity index (χ1v) is 24.2. The van der Waals surface area contributed by atoms with Crippen molar-refractivity contribution in [3.05, 3.63) is 59.4 Å².